The number of nitrogens with zero attached hydrogens (tertiary/aromatic N) is 4. The van der Waals surface area contributed by atoms with E-state index in [1.165, 1.54) is 10.9 Å². The summed E-state index contributed by atoms with van der Waals surface area (Å²) in [6.45, 7) is 7.88. The lowest BCUT2D eigenvalue weighted by molar-refractivity contribution is -0.271. The van der Waals surface area contributed by atoms with Crippen LogP contribution in [0.2, 0.25) is 0 Å². The Balaban J connectivity index is 1.48. The molecule has 36 heavy (non-hydrogen) atoms. The smallest absolute Gasteiger partial charge is 0.252 e. The van der Waals surface area contributed by atoms with Gasteiger partial charge in [0.25, 0.3) is 5.91 Å². The number of hydrogen-bond donors (Lipinski definition) is 6. The molecular formula is C24H32N6O6. The van der Waals surface area contributed by atoms with E-state index >= 15 is 0 Å². The number of ether oxygens (including phenoxy) is 1. The van der Waals surface area contributed by atoms with Crippen molar-refractivity contribution >= 4 is 22.9 Å². The Kier molecular flexibility index (Phi) is 5.59. The van der Waals surface area contributed by atoms with Crippen molar-refractivity contribution < 1.29 is 30.0 Å². The number of nitrogens with one attached hydrogen (secondary N) is 1. The number of aromatic nitrogens is 4. The van der Waals surface area contributed by atoms with Crippen LogP contribution in [0.15, 0.2) is 6.33 Å². The predicted octanol–water partition coefficient (Wildman–Crippen LogP) is -0.937. The van der Waals surface area contributed by atoms with Gasteiger partial charge >= 0.3 is 0 Å². The summed E-state index contributed by atoms with van der Waals surface area (Å²) in [7, 11) is 0. The zero-order valence-corrected chi connectivity index (χ0v) is 20.6. The molecule has 0 spiro atoms. The normalized spacial score (nSPS) is 38.8. The number of imidazole rings is 1. The predicted molar refractivity (Wildman–Crippen MR) is 127 cm³/mol. The summed E-state index contributed by atoms with van der Waals surface area (Å²) in [6, 6.07) is 0. The summed E-state index contributed by atoms with van der Waals surface area (Å²) in [5.74, 6) is 5.16. The first kappa shape index (κ1) is 24.9. The second-order valence-corrected chi connectivity index (χ2v) is 10.8. The van der Waals surface area contributed by atoms with Gasteiger partial charge in [-0.2, -0.15) is 0 Å². The number of anilines is 1. The van der Waals surface area contributed by atoms with Gasteiger partial charge in [-0.3, -0.25) is 9.36 Å². The maximum atomic E-state index is 12.2. The third-order valence-corrected chi connectivity index (χ3v) is 8.48. The van der Waals surface area contributed by atoms with Crippen LogP contribution in [0.5, 0.6) is 0 Å². The molecule has 2 aromatic rings. The monoisotopic (exact) mass is 500 g/mol. The molecule has 4 unspecified atom stereocenters. The van der Waals surface area contributed by atoms with Crippen molar-refractivity contribution in [2.24, 2.45) is 17.3 Å². The highest BCUT2D eigenvalue weighted by atomic mass is 16.6. The number of likely N-dealkylation sites (N-methyl/N-ethyl adjacent to an activating group) is 1. The Labute approximate surface area is 207 Å². The van der Waals surface area contributed by atoms with E-state index in [-0.39, 0.29) is 40.1 Å². The van der Waals surface area contributed by atoms with E-state index in [4.69, 9.17) is 10.5 Å². The van der Waals surface area contributed by atoms with Crippen LogP contribution in [0.3, 0.4) is 0 Å². The quantitative estimate of drug-likeness (QED) is 0.287. The number of nitrogens with two attached hydrogens (primary N) is 1. The van der Waals surface area contributed by atoms with Gasteiger partial charge in [0.05, 0.1) is 6.33 Å². The van der Waals surface area contributed by atoms with Gasteiger partial charge in [-0.1, -0.05) is 19.8 Å². The number of carbonyl (C=O) groups excluding carboxylic acids is 1. The molecule has 12 nitrogen and oxygen atoms in total. The summed E-state index contributed by atoms with van der Waals surface area (Å²) >= 11 is 0. The third-order valence-electron chi connectivity index (χ3n) is 8.48. The Morgan fingerprint density at radius 1 is 1.28 bits per heavy atom. The molecule has 7 N–H and O–H groups in total. The highest BCUT2D eigenvalue weighted by Gasteiger charge is 2.68. The van der Waals surface area contributed by atoms with E-state index in [1.54, 1.807) is 13.8 Å². The second kappa shape index (κ2) is 8.09. The largest absolute Gasteiger partial charge is 0.387 e. The number of rotatable bonds is 3. The van der Waals surface area contributed by atoms with Crippen LogP contribution < -0.4 is 11.1 Å². The molecule has 3 saturated carbocycles. The summed E-state index contributed by atoms with van der Waals surface area (Å²) in [5.41, 5.74) is 3.34. The Morgan fingerprint density at radius 2 is 2.00 bits per heavy atom. The van der Waals surface area contributed by atoms with Crippen LogP contribution in [0.1, 0.15) is 52.6 Å². The Morgan fingerprint density at radius 3 is 2.64 bits per heavy atom. The first-order valence-corrected chi connectivity index (χ1v) is 12.1. The molecule has 0 aromatic carbocycles. The maximum absolute atomic E-state index is 12.2. The van der Waals surface area contributed by atoms with Crippen molar-refractivity contribution in [3.8, 4) is 11.8 Å². The molecule has 3 heterocycles. The van der Waals surface area contributed by atoms with E-state index in [1.807, 2.05) is 0 Å². The number of carbonyl (C=O) groups is 1. The first-order valence-electron chi connectivity index (χ1n) is 12.1. The van der Waals surface area contributed by atoms with Gasteiger partial charge in [-0.25, -0.2) is 15.0 Å². The molecule has 6 rings (SSSR count). The van der Waals surface area contributed by atoms with Gasteiger partial charge in [-0.05, 0) is 49.9 Å². The number of amides is 1. The molecule has 0 radical (unpaired) electrons. The number of aliphatic hydroxyl groups excluding tert-OH is 2. The van der Waals surface area contributed by atoms with Gasteiger partial charge < -0.3 is 36.2 Å². The Bertz CT molecular complexity index is 1280. The molecule has 2 bridgehead atoms. The molecule has 4 fully saturated rings. The van der Waals surface area contributed by atoms with Crippen LogP contribution in [0, 0.1) is 29.1 Å². The molecule has 8 atom stereocenters. The zero-order chi connectivity index (χ0) is 26.2. The van der Waals surface area contributed by atoms with E-state index in [2.05, 4.69) is 46.0 Å². The minimum atomic E-state index is -1.64. The summed E-state index contributed by atoms with van der Waals surface area (Å²) in [6.07, 6.45) is -2.85. The van der Waals surface area contributed by atoms with Gasteiger partial charge in [-0.15, -0.1) is 0 Å². The van der Waals surface area contributed by atoms with E-state index in [0.717, 1.165) is 6.42 Å². The zero-order valence-electron chi connectivity index (χ0n) is 20.6. The molecular weight excluding hydrogens is 468 g/mol. The average molecular weight is 501 g/mol. The molecule has 194 valence electrons. The van der Waals surface area contributed by atoms with E-state index < -0.39 is 41.6 Å². The number of fused-ring (bicyclic) bond motifs is 3. The van der Waals surface area contributed by atoms with Crippen LogP contribution in [0.25, 0.3) is 11.2 Å². The molecule has 12 heteroatoms. The van der Waals surface area contributed by atoms with Crippen molar-refractivity contribution in [2.75, 3.05) is 12.3 Å². The van der Waals surface area contributed by atoms with Crippen molar-refractivity contribution in [1.82, 2.24) is 24.8 Å². The van der Waals surface area contributed by atoms with Crippen molar-refractivity contribution in [2.45, 2.75) is 76.3 Å². The third kappa shape index (κ3) is 3.42. The highest BCUT2D eigenvalue weighted by molar-refractivity contribution is 5.83. The highest BCUT2D eigenvalue weighted by Crippen LogP contribution is 2.65. The Hall–Kier alpha value is -2.82. The average Bonchev–Trinajstić information content (AvgIpc) is 3.35. The van der Waals surface area contributed by atoms with E-state index in [9.17, 15) is 25.2 Å². The minimum Gasteiger partial charge on any atom is -0.387 e. The van der Waals surface area contributed by atoms with E-state index in [0.29, 0.717) is 13.0 Å². The van der Waals surface area contributed by atoms with Gasteiger partial charge in [0.15, 0.2) is 29.4 Å². The van der Waals surface area contributed by atoms with Crippen LogP contribution >= 0.6 is 0 Å². The van der Waals surface area contributed by atoms with Crippen LogP contribution in [-0.2, 0) is 9.53 Å². The molecule has 2 aromatic heterocycles. The van der Waals surface area contributed by atoms with Crippen molar-refractivity contribution in [3.05, 3.63) is 12.2 Å². The lowest BCUT2D eigenvalue weighted by atomic mass is 9.41. The van der Waals surface area contributed by atoms with Crippen molar-refractivity contribution in [1.29, 1.82) is 0 Å². The standard InChI is InChI=1S/C24H32N6O6/c1-5-26-20(33)17-15(31)16(32)21(36-17)30-10-27-14-18(25)28-13(29-19(14)30)6-7-24(35)9-11-8-12(22(11,2)3)23(24,4)34/h10-12,15-17,21,31-32,34-35H,5,8-9H2,1-4H3,(H,26,33)(H2,25,28,29)/t11?,12?,15?,16?,17-,21+,23+,24+/m0/s1. The second-order valence-electron chi connectivity index (χ2n) is 10.8. The van der Waals surface area contributed by atoms with Gasteiger partial charge in [0, 0.05) is 6.54 Å². The first-order chi connectivity index (χ1) is 16.8. The van der Waals surface area contributed by atoms with Gasteiger partial charge in [0.2, 0.25) is 5.82 Å². The van der Waals surface area contributed by atoms with Gasteiger partial charge in [0.1, 0.15) is 23.3 Å². The summed E-state index contributed by atoms with van der Waals surface area (Å²) in [4.78, 5) is 25.0. The SMILES string of the molecule is CCNC(=O)[C@H]1O[C@@H](n2cnc3c(N)nc(C#C[C@@]4(O)CC5CC(C5(C)C)[C@@]4(C)O)nc32)C(O)C1O. The fraction of sp³-hybridized carbons (Fsp3) is 0.667. The number of nitrogen functional groups attached to an aromatic ring is 1. The number of aliphatic hydroxyl groups is 4. The number of hydrogen-bond acceptors (Lipinski definition) is 10. The lowest BCUT2D eigenvalue weighted by Gasteiger charge is -2.66. The van der Waals surface area contributed by atoms with Crippen LogP contribution in [-0.4, -0.2) is 81.9 Å². The summed E-state index contributed by atoms with van der Waals surface area (Å²) in [5, 5.41) is 46.0. The fourth-order valence-electron chi connectivity index (χ4n) is 6.07. The fourth-order valence-corrected chi connectivity index (χ4v) is 6.07. The molecule has 1 saturated heterocycles. The molecule has 4 aliphatic rings. The topological polar surface area (TPSA) is 189 Å². The van der Waals surface area contributed by atoms with Crippen molar-refractivity contribution in [3.63, 3.8) is 0 Å². The molecule has 3 aliphatic carbocycles. The molecule has 1 aliphatic heterocycles. The molecule has 1 amide bonds. The maximum Gasteiger partial charge on any atom is 0.252 e. The summed E-state index contributed by atoms with van der Waals surface area (Å²) < 4.78 is 7.02. The minimum absolute atomic E-state index is 0.0159. The van der Waals surface area contributed by atoms with Crippen LogP contribution in [0.4, 0.5) is 5.82 Å². The lowest BCUT2D eigenvalue weighted by Crippen LogP contribution is -2.71.